The van der Waals surface area contributed by atoms with Crippen LogP contribution >= 0.6 is 0 Å². The van der Waals surface area contributed by atoms with Crippen molar-refractivity contribution in [1.29, 1.82) is 0 Å². The first-order chi connectivity index (χ1) is 5.84. The van der Waals surface area contributed by atoms with Gasteiger partial charge in [0.05, 0.1) is 13.2 Å². The molecule has 0 spiro atoms. The molecule has 0 bridgehead atoms. The number of aliphatic hydroxyl groups is 1. The fourth-order valence-electron chi connectivity index (χ4n) is 0.823. The summed E-state index contributed by atoms with van der Waals surface area (Å²) in [5.74, 6) is -0.586. The fourth-order valence-corrected chi connectivity index (χ4v) is 0.823. The fraction of sp³-hybridized carbons (Fsp3) is 0.600. The van der Waals surface area contributed by atoms with Crippen molar-refractivity contribution in [3.63, 3.8) is 0 Å². The average Bonchev–Trinajstić information content (AvgIpc) is 2.03. The van der Waals surface area contributed by atoms with Crippen LogP contribution in [0.4, 0.5) is 0 Å². The lowest BCUT2D eigenvalue weighted by atomic mass is 9.85. The zero-order valence-corrected chi connectivity index (χ0v) is 8.55. The Morgan fingerprint density at radius 3 is 2.23 bits per heavy atom. The number of esters is 1. The van der Waals surface area contributed by atoms with E-state index in [-0.39, 0.29) is 5.57 Å². The molecule has 0 heterocycles. The number of hydrogen-bond donors (Lipinski definition) is 1. The summed E-state index contributed by atoms with van der Waals surface area (Å²) >= 11 is 0. The van der Waals surface area contributed by atoms with Crippen LogP contribution in [0.3, 0.4) is 0 Å². The maximum atomic E-state index is 11.1. The van der Waals surface area contributed by atoms with Crippen LogP contribution in [0.25, 0.3) is 0 Å². The Balaban J connectivity index is 4.83. The lowest BCUT2D eigenvalue weighted by Gasteiger charge is -2.25. The van der Waals surface area contributed by atoms with Gasteiger partial charge in [-0.15, -0.1) is 5.73 Å². The normalized spacial score (nSPS) is 13.0. The van der Waals surface area contributed by atoms with E-state index < -0.39 is 17.5 Å². The second kappa shape index (κ2) is 4.26. The van der Waals surface area contributed by atoms with Crippen molar-refractivity contribution >= 4 is 5.97 Å². The molecule has 1 atom stereocenters. The molecule has 13 heavy (non-hydrogen) atoms. The molecule has 0 amide bonds. The van der Waals surface area contributed by atoms with Gasteiger partial charge in [-0.25, -0.2) is 4.79 Å². The second-order valence-electron chi connectivity index (χ2n) is 3.85. The molecule has 3 nitrogen and oxygen atoms in total. The third kappa shape index (κ3) is 3.05. The van der Waals surface area contributed by atoms with Crippen LogP contribution in [0.2, 0.25) is 0 Å². The van der Waals surface area contributed by atoms with Gasteiger partial charge < -0.3 is 9.84 Å². The minimum Gasteiger partial charge on any atom is -0.465 e. The van der Waals surface area contributed by atoms with E-state index in [0.717, 1.165) is 0 Å². The van der Waals surface area contributed by atoms with E-state index in [2.05, 4.69) is 17.0 Å². The molecule has 0 fully saturated rings. The largest absolute Gasteiger partial charge is 0.465 e. The van der Waals surface area contributed by atoms with Gasteiger partial charge in [0.1, 0.15) is 5.57 Å². The number of carbonyl (C=O) groups is 1. The summed E-state index contributed by atoms with van der Waals surface area (Å²) in [5.41, 5.74) is 2.06. The second-order valence-corrected chi connectivity index (χ2v) is 3.85. The molecule has 0 aliphatic rings. The smallest absolute Gasteiger partial charge is 0.344 e. The van der Waals surface area contributed by atoms with Gasteiger partial charge in [-0.3, -0.25) is 0 Å². The van der Waals surface area contributed by atoms with Crippen molar-refractivity contribution in [1.82, 2.24) is 0 Å². The molecule has 0 aromatic heterocycles. The zero-order chi connectivity index (χ0) is 10.6. The first-order valence-electron chi connectivity index (χ1n) is 4.01. The average molecular weight is 184 g/mol. The van der Waals surface area contributed by atoms with Crippen LogP contribution in [-0.4, -0.2) is 24.3 Å². The lowest BCUT2D eigenvalue weighted by Crippen LogP contribution is -2.31. The van der Waals surface area contributed by atoms with E-state index in [9.17, 15) is 9.90 Å². The van der Waals surface area contributed by atoms with Gasteiger partial charge in [0.2, 0.25) is 0 Å². The lowest BCUT2D eigenvalue weighted by molar-refractivity contribution is -0.138. The highest BCUT2D eigenvalue weighted by atomic mass is 16.5. The van der Waals surface area contributed by atoms with Crippen molar-refractivity contribution in [2.75, 3.05) is 7.11 Å². The monoisotopic (exact) mass is 184 g/mol. The van der Waals surface area contributed by atoms with Crippen LogP contribution in [-0.2, 0) is 9.53 Å². The van der Waals surface area contributed by atoms with Crippen molar-refractivity contribution in [2.45, 2.75) is 26.9 Å². The third-order valence-electron chi connectivity index (χ3n) is 1.69. The van der Waals surface area contributed by atoms with Gasteiger partial charge in [-0.2, -0.15) is 0 Å². The molecule has 0 saturated heterocycles. The topological polar surface area (TPSA) is 46.5 Å². The maximum absolute atomic E-state index is 11.1. The zero-order valence-electron chi connectivity index (χ0n) is 8.55. The number of carbonyl (C=O) groups excluding carboxylic acids is 1. The summed E-state index contributed by atoms with van der Waals surface area (Å²) in [6.45, 7) is 8.79. The SMILES string of the molecule is C=C=C(C(=O)OC)[C@H](O)C(C)(C)C. The van der Waals surface area contributed by atoms with Crippen LogP contribution < -0.4 is 0 Å². The summed E-state index contributed by atoms with van der Waals surface area (Å²) in [6.07, 6.45) is -0.905. The summed E-state index contributed by atoms with van der Waals surface area (Å²) < 4.78 is 4.48. The maximum Gasteiger partial charge on any atom is 0.344 e. The number of ether oxygens (including phenoxy) is 1. The van der Waals surface area contributed by atoms with Gasteiger partial charge in [0.25, 0.3) is 0 Å². The molecule has 74 valence electrons. The predicted molar refractivity (Wildman–Crippen MR) is 50.1 cm³/mol. The van der Waals surface area contributed by atoms with Gasteiger partial charge in [0.15, 0.2) is 0 Å². The van der Waals surface area contributed by atoms with Gasteiger partial charge in [0, 0.05) is 0 Å². The molecule has 3 heteroatoms. The van der Waals surface area contributed by atoms with Gasteiger partial charge >= 0.3 is 5.97 Å². The molecule has 0 aromatic carbocycles. The Hall–Kier alpha value is -1.05. The van der Waals surface area contributed by atoms with Crippen LogP contribution in [0.5, 0.6) is 0 Å². The number of rotatable bonds is 2. The molecule has 0 aliphatic carbocycles. The highest BCUT2D eigenvalue weighted by Crippen LogP contribution is 2.24. The molecule has 0 aliphatic heterocycles. The van der Waals surface area contributed by atoms with E-state index in [1.165, 1.54) is 7.11 Å². The van der Waals surface area contributed by atoms with E-state index in [1.807, 2.05) is 20.8 Å². The summed E-state index contributed by atoms with van der Waals surface area (Å²) in [7, 11) is 1.26. The first-order valence-corrected chi connectivity index (χ1v) is 4.01. The van der Waals surface area contributed by atoms with Crippen molar-refractivity contribution in [3.05, 3.63) is 17.9 Å². The number of methoxy groups -OCH3 is 1. The van der Waals surface area contributed by atoms with E-state index in [0.29, 0.717) is 0 Å². The highest BCUT2D eigenvalue weighted by Gasteiger charge is 2.30. The van der Waals surface area contributed by atoms with Crippen LogP contribution in [0.15, 0.2) is 17.9 Å². The predicted octanol–water partition coefficient (Wildman–Crippen LogP) is 1.28. The molecule has 0 radical (unpaired) electrons. The molecule has 0 rings (SSSR count). The van der Waals surface area contributed by atoms with Gasteiger partial charge in [-0.1, -0.05) is 27.4 Å². The Bertz CT molecular complexity index is 241. The quantitative estimate of drug-likeness (QED) is 0.399. The minimum absolute atomic E-state index is 0.0787. The standard InChI is InChI=1S/C10H16O3/c1-6-7(9(12)13-5)8(11)10(2,3)4/h8,11H,1H2,2-5H3/t8-/m0/s1. The Labute approximate surface area is 78.7 Å². The first kappa shape index (κ1) is 11.9. The van der Waals surface area contributed by atoms with E-state index >= 15 is 0 Å². The molecular weight excluding hydrogens is 168 g/mol. The third-order valence-corrected chi connectivity index (χ3v) is 1.69. The highest BCUT2D eigenvalue weighted by molar-refractivity contribution is 5.89. The van der Waals surface area contributed by atoms with Crippen molar-refractivity contribution in [2.24, 2.45) is 5.41 Å². The van der Waals surface area contributed by atoms with E-state index in [1.54, 1.807) is 0 Å². The summed E-state index contributed by atoms with van der Waals surface area (Å²) in [4.78, 5) is 11.1. The Morgan fingerprint density at radius 1 is 1.54 bits per heavy atom. The Morgan fingerprint density at radius 2 is 2.00 bits per heavy atom. The molecule has 0 saturated carbocycles. The molecule has 1 N–H and O–H groups in total. The number of aliphatic hydroxyl groups excluding tert-OH is 1. The van der Waals surface area contributed by atoms with Crippen LogP contribution in [0.1, 0.15) is 20.8 Å². The van der Waals surface area contributed by atoms with Crippen molar-refractivity contribution < 1.29 is 14.6 Å². The Kier molecular flexibility index (Phi) is 3.92. The summed E-state index contributed by atoms with van der Waals surface area (Å²) in [5, 5.41) is 9.71. The molecule has 0 aromatic rings. The minimum atomic E-state index is -0.905. The molecule has 0 unspecified atom stereocenters. The van der Waals surface area contributed by atoms with Crippen LogP contribution in [0, 0.1) is 5.41 Å². The number of hydrogen-bond acceptors (Lipinski definition) is 3. The van der Waals surface area contributed by atoms with Crippen molar-refractivity contribution in [3.8, 4) is 0 Å². The summed E-state index contributed by atoms with van der Waals surface area (Å²) in [6, 6.07) is 0. The van der Waals surface area contributed by atoms with Gasteiger partial charge in [-0.05, 0) is 5.41 Å². The van der Waals surface area contributed by atoms with E-state index in [4.69, 9.17) is 0 Å². The molecular formula is C10H16O3.